The minimum Gasteiger partial charge on any atom is -0.497 e. The van der Waals surface area contributed by atoms with Crippen molar-refractivity contribution in [2.45, 2.75) is 6.54 Å². The number of ether oxygens (including phenoxy) is 1. The molecule has 0 atom stereocenters. The fourth-order valence-electron chi connectivity index (χ4n) is 2.62. The van der Waals surface area contributed by atoms with Gasteiger partial charge in [0.2, 0.25) is 11.7 Å². The second-order valence-corrected chi connectivity index (χ2v) is 6.05. The summed E-state index contributed by atoms with van der Waals surface area (Å²) in [6.45, 7) is -0.120. The van der Waals surface area contributed by atoms with Crippen molar-refractivity contribution in [2.75, 3.05) is 18.2 Å². The summed E-state index contributed by atoms with van der Waals surface area (Å²) in [5, 5.41) is 14.6. The second-order valence-electron chi connectivity index (χ2n) is 6.05. The fraction of sp³-hybridized carbons (Fsp3) is 0.105. The Kier molecular flexibility index (Phi) is 4.89. The molecule has 2 heterocycles. The van der Waals surface area contributed by atoms with E-state index in [1.807, 2.05) is 30.3 Å². The molecule has 0 aliphatic rings. The molecule has 10 heteroatoms. The van der Waals surface area contributed by atoms with Crippen molar-refractivity contribution in [3.8, 4) is 28.7 Å². The molecule has 0 fully saturated rings. The van der Waals surface area contributed by atoms with Gasteiger partial charge < -0.3 is 20.3 Å². The Hall–Kier alpha value is -4.21. The number of hydrogen-bond acceptors (Lipinski definition) is 8. The van der Waals surface area contributed by atoms with Gasteiger partial charge >= 0.3 is 0 Å². The van der Waals surface area contributed by atoms with Crippen molar-refractivity contribution < 1.29 is 14.1 Å². The topological polar surface area (TPSA) is 134 Å². The van der Waals surface area contributed by atoms with Gasteiger partial charge in [-0.1, -0.05) is 40.7 Å². The van der Waals surface area contributed by atoms with E-state index < -0.39 is 0 Å². The summed E-state index contributed by atoms with van der Waals surface area (Å²) in [7, 11) is 1.57. The zero-order chi connectivity index (χ0) is 20.2. The Morgan fingerprint density at radius 2 is 1.93 bits per heavy atom. The van der Waals surface area contributed by atoms with Crippen LogP contribution in [0.2, 0.25) is 0 Å². The molecule has 0 aliphatic heterocycles. The zero-order valence-electron chi connectivity index (χ0n) is 15.4. The highest BCUT2D eigenvalue weighted by molar-refractivity contribution is 5.90. The number of anilines is 2. The monoisotopic (exact) mass is 391 g/mol. The van der Waals surface area contributed by atoms with Gasteiger partial charge in [-0.3, -0.25) is 4.79 Å². The number of methoxy groups -OCH3 is 1. The third-order valence-corrected chi connectivity index (χ3v) is 4.10. The molecule has 3 N–H and O–H groups in total. The van der Waals surface area contributed by atoms with Gasteiger partial charge in [-0.25, -0.2) is 4.68 Å². The van der Waals surface area contributed by atoms with E-state index >= 15 is 0 Å². The van der Waals surface area contributed by atoms with E-state index in [1.54, 1.807) is 31.4 Å². The Morgan fingerprint density at radius 3 is 2.66 bits per heavy atom. The minimum atomic E-state index is -0.311. The first-order valence-corrected chi connectivity index (χ1v) is 8.66. The molecule has 146 valence electrons. The van der Waals surface area contributed by atoms with E-state index in [0.717, 1.165) is 5.56 Å². The minimum absolute atomic E-state index is 0.120. The third-order valence-electron chi connectivity index (χ3n) is 4.10. The Labute approximate surface area is 165 Å². The molecular formula is C19H17N7O3. The van der Waals surface area contributed by atoms with Crippen LogP contribution < -0.4 is 15.8 Å². The van der Waals surface area contributed by atoms with E-state index in [1.165, 1.54) is 4.68 Å². The van der Waals surface area contributed by atoms with Crippen LogP contribution in [0.15, 0.2) is 59.1 Å². The van der Waals surface area contributed by atoms with Crippen LogP contribution in [0.1, 0.15) is 0 Å². The molecule has 2 aromatic carbocycles. The molecular weight excluding hydrogens is 374 g/mol. The molecule has 1 amide bonds. The van der Waals surface area contributed by atoms with Gasteiger partial charge in [0.15, 0.2) is 11.5 Å². The number of benzene rings is 2. The van der Waals surface area contributed by atoms with Gasteiger partial charge in [0.1, 0.15) is 12.3 Å². The van der Waals surface area contributed by atoms with Crippen molar-refractivity contribution in [2.24, 2.45) is 0 Å². The Balaban J connectivity index is 1.47. The number of amides is 1. The molecule has 0 saturated carbocycles. The lowest BCUT2D eigenvalue weighted by Crippen LogP contribution is -2.20. The molecule has 0 radical (unpaired) electrons. The highest BCUT2D eigenvalue weighted by Gasteiger charge is 2.20. The first-order chi connectivity index (χ1) is 14.1. The molecule has 29 heavy (non-hydrogen) atoms. The maximum Gasteiger partial charge on any atom is 0.282 e. The highest BCUT2D eigenvalue weighted by atomic mass is 16.5. The molecule has 2 aromatic heterocycles. The molecule has 10 nitrogen and oxygen atoms in total. The molecule has 0 aliphatic carbocycles. The van der Waals surface area contributed by atoms with Crippen molar-refractivity contribution in [3.05, 3.63) is 54.6 Å². The van der Waals surface area contributed by atoms with E-state index in [9.17, 15) is 4.79 Å². The van der Waals surface area contributed by atoms with E-state index in [0.29, 0.717) is 17.3 Å². The Morgan fingerprint density at radius 1 is 1.17 bits per heavy atom. The normalized spacial score (nSPS) is 10.7. The lowest BCUT2D eigenvalue weighted by molar-refractivity contribution is -0.116. The maximum absolute atomic E-state index is 12.3. The van der Waals surface area contributed by atoms with E-state index in [4.69, 9.17) is 15.0 Å². The Bertz CT molecular complexity index is 1120. The lowest BCUT2D eigenvalue weighted by atomic mass is 10.2. The number of rotatable bonds is 6. The molecule has 0 saturated heterocycles. The zero-order valence-corrected chi connectivity index (χ0v) is 15.4. The quantitative estimate of drug-likeness (QED) is 0.511. The molecule has 4 rings (SSSR count). The maximum atomic E-state index is 12.3. The number of nitrogens with two attached hydrogens (primary N) is 1. The van der Waals surface area contributed by atoms with Crippen LogP contribution in [0, 0.1) is 0 Å². The largest absolute Gasteiger partial charge is 0.497 e. The van der Waals surface area contributed by atoms with Gasteiger partial charge in [-0.05, 0) is 24.3 Å². The molecule has 0 spiro atoms. The van der Waals surface area contributed by atoms with Crippen molar-refractivity contribution in [3.63, 3.8) is 0 Å². The average molecular weight is 391 g/mol. The predicted molar refractivity (Wildman–Crippen MR) is 105 cm³/mol. The van der Waals surface area contributed by atoms with Gasteiger partial charge in [-0.15, -0.1) is 5.10 Å². The smallest absolute Gasteiger partial charge is 0.282 e. The SMILES string of the molecule is COc1ccc(NC(=O)Cn2nnc(-c3nc(-c4ccccc4)no3)c2N)cc1. The number of nitrogens with zero attached hydrogens (tertiary/aromatic N) is 5. The summed E-state index contributed by atoms with van der Waals surface area (Å²) in [4.78, 5) is 16.6. The van der Waals surface area contributed by atoms with Crippen LogP contribution in [0.3, 0.4) is 0 Å². The van der Waals surface area contributed by atoms with Gasteiger partial charge in [0.25, 0.3) is 5.89 Å². The first kappa shape index (κ1) is 18.2. The van der Waals surface area contributed by atoms with Gasteiger partial charge in [0.05, 0.1) is 7.11 Å². The average Bonchev–Trinajstić information content (AvgIpc) is 3.37. The predicted octanol–water partition coefficient (Wildman–Crippen LogP) is 2.22. The van der Waals surface area contributed by atoms with Gasteiger partial charge in [0, 0.05) is 11.3 Å². The summed E-state index contributed by atoms with van der Waals surface area (Å²) in [6, 6.07) is 16.3. The number of hydrogen-bond donors (Lipinski definition) is 2. The number of aromatic nitrogens is 5. The summed E-state index contributed by atoms with van der Waals surface area (Å²) < 4.78 is 11.6. The van der Waals surface area contributed by atoms with Crippen LogP contribution >= 0.6 is 0 Å². The first-order valence-electron chi connectivity index (χ1n) is 8.66. The van der Waals surface area contributed by atoms with Crippen LogP contribution in [-0.4, -0.2) is 38.2 Å². The lowest BCUT2D eigenvalue weighted by Gasteiger charge is -2.07. The number of nitrogens with one attached hydrogen (secondary N) is 1. The summed E-state index contributed by atoms with van der Waals surface area (Å²) in [5.74, 6) is 1.07. The highest BCUT2D eigenvalue weighted by Crippen LogP contribution is 2.24. The van der Waals surface area contributed by atoms with E-state index in [2.05, 4.69) is 25.8 Å². The molecule has 0 bridgehead atoms. The van der Waals surface area contributed by atoms with Gasteiger partial charge in [-0.2, -0.15) is 4.98 Å². The number of carbonyl (C=O) groups is 1. The third kappa shape index (κ3) is 3.90. The van der Waals surface area contributed by atoms with Crippen LogP contribution in [0.4, 0.5) is 11.5 Å². The van der Waals surface area contributed by atoms with Crippen molar-refractivity contribution in [1.82, 2.24) is 25.1 Å². The summed E-state index contributed by atoms with van der Waals surface area (Å²) >= 11 is 0. The van der Waals surface area contributed by atoms with E-state index in [-0.39, 0.29) is 29.9 Å². The van der Waals surface area contributed by atoms with Crippen molar-refractivity contribution in [1.29, 1.82) is 0 Å². The van der Waals surface area contributed by atoms with Crippen LogP contribution in [-0.2, 0) is 11.3 Å². The summed E-state index contributed by atoms with van der Waals surface area (Å²) in [5.41, 5.74) is 7.72. The standard InChI is InChI=1S/C19H17N7O3/c1-28-14-9-7-13(8-10-14)21-15(27)11-26-17(20)16(23-25-26)19-22-18(24-29-19)12-5-3-2-4-6-12/h2-10H,11,20H2,1H3,(H,21,27). The molecule has 4 aromatic rings. The van der Waals surface area contributed by atoms with Crippen LogP contribution in [0.25, 0.3) is 23.0 Å². The second kappa shape index (κ2) is 7.80. The number of nitrogen functional groups attached to an aromatic ring is 1. The number of carbonyl (C=O) groups excluding carboxylic acids is 1. The molecule has 0 unspecified atom stereocenters. The fourth-order valence-corrected chi connectivity index (χ4v) is 2.62. The summed E-state index contributed by atoms with van der Waals surface area (Å²) in [6.07, 6.45) is 0. The van der Waals surface area contributed by atoms with Crippen molar-refractivity contribution >= 4 is 17.4 Å². The van der Waals surface area contributed by atoms with Crippen LogP contribution in [0.5, 0.6) is 5.75 Å².